The molecule has 2 atom stereocenters. The van der Waals surface area contributed by atoms with Gasteiger partial charge in [0, 0.05) is 52.3 Å². The highest BCUT2D eigenvalue weighted by atomic mass is 35.5. The summed E-state index contributed by atoms with van der Waals surface area (Å²) in [5, 5.41) is 2.30. The van der Waals surface area contributed by atoms with Crippen LogP contribution in [0.1, 0.15) is 37.0 Å². The van der Waals surface area contributed by atoms with Crippen LogP contribution in [0.5, 0.6) is 0 Å². The van der Waals surface area contributed by atoms with Gasteiger partial charge in [0.05, 0.1) is 17.7 Å². The first kappa shape index (κ1) is 31.4. The van der Waals surface area contributed by atoms with Gasteiger partial charge in [0.25, 0.3) is 0 Å². The number of benzene rings is 2. The largest absolute Gasteiger partial charge is 0.369 e. The van der Waals surface area contributed by atoms with Gasteiger partial charge < -0.3 is 9.80 Å². The van der Waals surface area contributed by atoms with E-state index in [1.54, 1.807) is 17.0 Å². The second-order valence-electron chi connectivity index (χ2n) is 10.1. The highest BCUT2D eigenvalue weighted by Gasteiger charge is 2.27. The number of hydroxylamine groups is 3. The van der Waals surface area contributed by atoms with Crippen molar-refractivity contribution in [1.82, 2.24) is 30.8 Å². The van der Waals surface area contributed by atoms with Crippen LogP contribution in [0, 0.1) is 5.82 Å². The van der Waals surface area contributed by atoms with Crippen molar-refractivity contribution < 1.29 is 28.4 Å². The Morgan fingerprint density at radius 3 is 2.57 bits per heavy atom. The van der Waals surface area contributed by atoms with Crippen molar-refractivity contribution in [1.29, 1.82) is 0 Å². The fraction of sp³-hybridized carbons (Fsp3) is 0.414. The number of rotatable bonds is 11. The van der Waals surface area contributed by atoms with Gasteiger partial charge in [-0.1, -0.05) is 54.1 Å². The van der Waals surface area contributed by atoms with E-state index in [1.807, 2.05) is 37.4 Å². The van der Waals surface area contributed by atoms with Gasteiger partial charge in [0.1, 0.15) is 11.9 Å². The maximum Gasteiger partial charge on any atom is 0.369 e. The molecule has 11 nitrogen and oxygen atoms in total. The number of likely N-dealkylation sites (N-methyl/N-ethyl adjacent to an activating group) is 1. The number of hydrogen-bond donors (Lipinski definition) is 2. The second-order valence-corrected chi connectivity index (χ2v) is 10.5. The zero-order valence-electron chi connectivity index (χ0n) is 23.7. The highest BCUT2D eigenvalue weighted by molar-refractivity contribution is 6.31. The van der Waals surface area contributed by atoms with E-state index in [1.165, 1.54) is 30.3 Å². The van der Waals surface area contributed by atoms with E-state index in [0.29, 0.717) is 18.7 Å². The number of carbonyl (C=O) groups is 3. The Kier molecular flexibility index (Phi) is 11.3. The van der Waals surface area contributed by atoms with Gasteiger partial charge in [-0.05, 0) is 36.7 Å². The molecular formula is C29H36ClFN6O5. The van der Waals surface area contributed by atoms with E-state index in [9.17, 15) is 18.8 Å². The van der Waals surface area contributed by atoms with Gasteiger partial charge >= 0.3 is 6.03 Å². The maximum atomic E-state index is 14.0. The Labute approximate surface area is 249 Å². The zero-order chi connectivity index (χ0) is 30.1. The van der Waals surface area contributed by atoms with Crippen LogP contribution in [0.3, 0.4) is 0 Å². The number of halogens is 2. The molecule has 13 heteroatoms. The molecule has 0 aromatic heterocycles. The van der Waals surface area contributed by atoms with Crippen LogP contribution in [0.15, 0.2) is 60.8 Å². The monoisotopic (exact) mass is 602 g/mol. The summed E-state index contributed by atoms with van der Waals surface area (Å²) in [7, 11) is 2.01. The summed E-state index contributed by atoms with van der Waals surface area (Å²) in [5.74, 6) is -0.958. The predicted molar refractivity (Wildman–Crippen MR) is 154 cm³/mol. The van der Waals surface area contributed by atoms with Crippen LogP contribution >= 0.6 is 11.6 Å². The molecule has 226 valence electrons. The lowest BCUT2D eigenvalue weighted by molar-refractivity contribution is -0.141. The molecule has 1 unspecified atom stereocenters. The first-order chi connectivity index (χ1) is 20.2. The number of piperazine rings is 1. The summed E-state index contributed by atoms with van der Waals surface area (Å²) in [6.45, 7) is 4.12. The first-order valence-electron chi connectivity index (χ1n) is 13.8. The van der Waals surface area contributed by atoms with Crippen molar-refractivity contribution in [2.75, 3.05) is 39.8 Å². The molecule has 2 aliphatic rings. The molecule has 0 saturated carbocycles. The third kappa shape index (κ3) is 8.49. The van der Waals surface area contributed by atoms with Gasteiger partial charge in [-0.15, -0.1) is 0 Å². The van der Waals surface area contributed by atoms with Crippen LogP contribution in [-0.4, -0.2) is 83.6 Å². The topological polar surface area (TPSA) is 107 Å². The van der Waals surface area contributed by atoms with E-state index >= 15 is 0 Å². The zero-order valence-corrected chi connectivity index (χ0v) is 24.4. The molecule has 4 rings (SSSR count). The summed E-state index contributed by atoms with van der Waals surface area (Å²) in [4.78, 5) is 53.5. The number of amides is 4. The van der Waals surface area contributed by atoms with Crippen molar-refractivity contribution in [2.24, 2.45) is 0 Å². The van der Waals surface area contributed by atoms with Crippen molar-refractivity contribution in [3.05, 3.63) is 82.8 Å². The Morgan fingerprint density at radius 2 is 1.86 bits per heavy atom. The summed E-state index contributed by atoms with van der Waals surface area (Å²) >= 11 is 6.10. The Balaban J connectivity index is 1.37. The molecule has 2 heterocycles. The number of hydrogen-bond acceptors (Lipinski definition) is 7. The van der Waals surface area contributed by atoms with Gasteiger partial charge in [-0.25, -0.2) is 20.1 Å². The van der Waals surface area contributed by atoms with Gasteiger partial charge in [-0.3, -0.25) is 24.3 Å². The predicted octanol–water partition coefficient (Wildman–Crippen LogP) is 3.40. The molecule has 1 saturated heterocycles. The van der Waals surface area contributed by atoms with E-state index in [4.69, 9.17) is 21.3 Å². The molecule has 0 bridgehead atoms. The molecule has 2 N–H and O–H groups in total. The standard InChI is InChI=1S/C29H36ClFN6O5/c1-21(38)37(32-19-23-9-6-10-25(31)28(23)30)24(11-12-27(39)35-17-15-34(2)16-18-35)20-41-33-29(40)36-14-13-26(42-36)22-7-4-3-5-8-22/h3-10,13-14,24,26,32H,11-12,15-20H2,1-2H3,(H,33,40)/t24-,26?/m0/s1. The normalized spacial score (nSPS) is 17.8. The van der Waals surface area contributed by atoms with Crippen LogP contribution < -0.4 is 10.9 Å². The minimum atomic E-state index is -0.661. The highest BCUT2D eigenvalue weighted by Crippen LogP contribution is 2.25. The van der Waals surface area contributed by atoms with E-state index in [0.717, 1.165) is 23.7 Å². The molecule has 0 aliphatic carbocycles. The summed E-state index contributed by atoms with van der Waals surface area (Å²) in [5.41, 5.74) is 6.67. The van der Waals surface area contributed by atoms with Gasteiger partial charge in [0.2, 0.25) is 11.8 Å². The molecule has 0 spiro atoms. The van der Waals surface area contributed by atoms with Crippen LogP contribution in [-0.2, 0) is 25.8 Å². The molecule has 1 fully saturated rings. The van der Waals surface area contributed by atoms with Crippen molar-refractivity contribution in [2.45, 2.75) is 38.5 Å². The molecule has 4 amide bonds. The van der Waals surface area contributed by atoms with Crippen LogP contribution in [0.2, 0.25) is 5.02 Å². The van der Waals surface area contributed by atoms with Crippen LogP contribution in [0.4, 0.5) is 9.18 Å². The third-order valence-electron chi connectivity index (χ3n) is 7.11. The van der Waals surface area contributed by atoms with E-state index in [2.05, 4.69) is 15.8 Å². The molecule has 0 radical (unpaired) electrons. The van der Waals surface area contributed by atoms with Crippen LogP contribution in [0.25, 0.3) is 0 Å². The minimum Gasteiger partial charge on any atom is -0.340 e. The lowest BCUT2D eigenvalue weighted by Crippen LogP contribution is -2.52. The number of hydrazine groups is 1. The summed E-state index contributed by atoms with van der Waals surface area (Å²) in [6.07, 6.45) is 3.22. The van der Waals surface area contributed by atoms with Crippen molar-refractivity contribution >= 4 is 29.4 Å². The quantitative estimate of drug-likeness (QED) is 0.380. The average Bonchev–Trinajstić information content (AvgIpc) is 3.49. The molecule has 2 aromatic carbocycles. The summed E-state index contributed by atoms with van der Waals surface area (Å²) < 4.78 is 14.0. The lowest BCUT2D eigenvalue weighted by Gasteiger charge is -2.34. The summed E-state index contributed by atoms with van der Waals surface area (Å²) in [6, 6.07) is 12.5. The number of nitrogens with zero attached hydrogens (tertiary/aromatic N) is 4. The second kappa shape index (κ2) is 15.1. The average molecular weight is 603 g/mol. The third-order valence-corrected chi connectivity index (χ3v) is 7.53. The smallest absolute Gasteiger partial charge is 0.340 e. The Hall–Kier alpha value is -3.55. The maximum absolute atomic E-state index is 14.0. The Morgan fingerprint density at radius 1 is 1.12 bits per heavy atom. The molecule has 2 aromatic rings. The fourth-order valence-electron chi connectivity index (χ4n) is 4.67. The number of carbonyl (C=O) groups excluding carboxylic acids is 3. The van der Waals surface area contributed by atoms with Crippen molar-refractivity contribution in [3.63, 3.8) is 0 Å². The van der Waals surface area contributed by atoms with E-state index < -0.39 is 24.0 Å². The number of urea groups is 1. The number of nitrogens with one attached hydrogen (secondary N) is 2. The van der Waals surface area contributed by atoms with Crippen molar-refractivity contribution in [3.8, 4) is 0 Å². The van der Waals surface area contributed by atoms with Gasteiger partial charge in [-0.2, -0.15) is 5.06 Å². The molecule has 42 heavy (non-hydrogen) atoms. The lowest BCUT2D eigenvalue weighted by atomic mass is 10.1. The van der Waals surface area contributed by atoms with Gasteiger partial charge in [0.15, 0.2) is 0 Å². The first-order valence-corrected chi connectivity index (χ1v) is 14.1. The molecule has 2 aliphatic heterocycles. The fourth-order valence-corrected chi connectivity index (χ4v) is 4.86. The minimum absolute atomic E-state index is 0.0311. The van der Waals surface area contributed by atoms with E-state index in [-0.39, 0.29) is 42.8 Å². The molecular weight excluding hydrogens is 567 g/mol. The Bertz CT molecular complexity index is 1260. The SMILES string of the molecule is CC(=O)N(NCc1cccc(F)c1Cl)[C@@H](CCC(=O)N1CCN(C)CC1)CONC(=O)N1C=CC(c2ccccc2)O1.